The number of rotatable bonds is 11. The third-order valence-electron chi connectivity index (χ3n) is 5.49. The Morgan fingerprint density at radius 3 is 2.71 bits per heavy atom. The van der Waals surface area contributed by atoms with Crippen LogP contribution in [0.25, 0.3) is 11.3 Å². The van der Waals surface area contributed by atoms with E-state index in [2.05, 4.69) is 16.0 Å². The standard InChI is InChI=1S/C25H28FN3O5/c1-2-11-32-18-21(30)15-28(16-22-4-3-12-33-22)17-23-24(19-5-7-20(26)8-6-19)27-34-25(23)29-9-13-31-14-10-29/h1,3-8,12,21,30H,9-11,13-18H2. The Morgan fingerprint density at radius 1 is 1.21 bits per heavy atom. The van der Waals surface area contributed by atoms with Gasteiger partial charge in [-0.15, -0.1) is 6.42 Å². The molecule has 8 nitrogen and oxygen atoms in total. The summed E-state index contributed by atoms with van der Waals surface area (Å²) in [5.74, 6) is 3.47. The van der Waals surface area contributed by atoms with Crippen molar-refractivity contribution in [3.8, 4) is 23.6 Å². The number of aliphatic hydroxyl groups is 1. The number of hydrogen-bond acceptors (Lipinski definition) is 8. The summed E-state index contributed by atoms with van der Waals surface area (Å²) in [5, 5.41) is 14.9. The average molecular weight is 470 g/mol. The highest BCUT2D eigenvalue weighted by Crippen LogP contribution is 2.33. The third kappa shape index (κ3) is 6.24. The normalized spacial score (nSPS) is 14.9. The predicted molar refractivity (Wildman–Crippen MR) is 123 cm³/mol. The quantitative estimate of drug-likeness (QED) is 0.339. The second kappa shape index (κ2) is 11.8. The van der Waals surface area contributed by atoms with Crippen molar-refractivity contribution in [2.75, 3.05) is 51.0 Å². The molecule has 1 fully saturated rings. The van der Waals surface area contributed by atoms with Crippen molar-refractivity contribution >= 4 is 5.88 Å². The van der Waals surface area contributed by atoms with Gasteiger partial charge in [0.2, 0.25) is 5.88 Å². The topological polar surface area (TPSA) is 84.3 Å². The Kier molecular flexibility index (Phi) is 8.33. The van der Waals surface area contributed by atoms with E-state index < -0.39 is 6.10 Å². The molecule has 0 radical (unpaired) electrons. The van der Waals surface area contributed by atoms with Crippen molar-refractivity contribution in [1.29, 1.82) is 0 Å². The van der Waals surface area contributed by atoms with E-state index in [-0.39, 0.29) is 19.0 Å². The summed E-state index contributed by atoms with van der Waals surface area (Å²) in [6, 6.07) is 9.86. The number of anilines is 1. The molecule has 1 saturated heterocycles. The van der Waals surface area contributed by atoms with Gasteiger partial charge >= 0.3 is 0 Å². The van der Waals surface area contributed by atoms with Gasteiger partial charge in [0.05, 0.1) is 44.3 Å². The van der Waals surface area contributed by atoms with Crippen LogP contribution < -0.4 is 4.90 Å². The molecule has 0 saturated carbocycles. The van der Waals surface area contributed by atoms with E-state index in [1.807, 2.05) is 17.0 Å². The zero-order valence-electron chi connectivity index (χ0n) is 18.9. The van der Waals surface area contributed by atoms with Crippen LogP contribution in [0, 0.1) is 18.2 Å². The molecule has 1 aromatic carbocycles. The summed E-state index contributed by atoms with van der Waals surface area (Å²) in [7, 11) is 0. The minimum Gasteiger partial charge on any atom is -0.468 e. The number of hydrogen-bond donors (Lipinski definition) is 1. The summed E-state index contributed by atoms with van der Waals surface area (Å²) >= 11 is 0. The predicted octanol–water partition coefficient (Wildman–Crippen LogP) is 2.92. The number of benzene rings is 1. The highest BCUT2D eigenvalue weighted by Gasteiger charge is 2.27. The Morgan fingerprint density at radius 2 is 2.00 bits per heavy atom. The van der Waals surface area contributed by atoms with Crippen molar-refractivity contribution in [2.45, 2.75) is 19.2 Å². The van der Waals surface area contributed by atoms with Gasteiger partial charge in [0.1, 0.15) is 23.9 Å². The van der Waals surface area contributed by atoms with Crippen LogP contribution in [0.15, 0.2) is 51.6 Å². The first-order chi connectivity index (χ1) is 16.6. The van der Waals surface area contributed by atoms with Gasteiger partial charge in [0.15, 0.2) is 0 Å². The Balaban J connectivity index is 1.62. The highest BCUT2D eigenvalue weighted by molar-refractivity contribution is 5.68. The number of furan rings is 1. The van der Waals surface area contributed by atoms with Crippen molar-refractivity contribution < 1.29 is 27.9 Å². The van der Waals surface area contributed by atoms with Crippen molar-refractivity contribution in [3.63, 3.8) is 0 Å². The van der Waals surface area contributed by atoms with Crippen LogP contribution in [0.1, 0.15) is 11.3 Å². The first-order valence-corrected chi connectivity index (χ1v) is 11.1. The molecule has 1 aliphatic heterocycles. The van der Waals surface area contributed by atoms with Crippen LogP contribution in [0.5, 0.6) is 0 Å². The van der Waals surface area contributed by atoms with Crippen LogP contribution in [-0.4, -0.2) is 67.3 Å². The van der Waals surface area contributed by atoms with Crippen LogP contribution in [0.4, 0.5) is 10.3 Å². The van der Waals surface area contributed by atoms with Gasteiger partial charge in [-0.05, 0) is 36.4 Å². The Hall–Kier alpha value is -3.16. The van der Waals surface area contributed by atoms with E-state index in [9.17, 15) is 9.50 Å². The zero-order chi connectivity index (χ0) is 23.8. The Labute approximate surface area is 197 Å². The van der Waals surface area contributed by atoms with Crippen molar-refractivity contribution in [3.05, 3.63) is 59.8 Å². The van der Waals surface area contributed by atoms with E-state index in [4.69, 9.17) is 24.8 Å². The summed E-state index contributed by atoms with van der Waals surface area (Å²) in [5.41, 5.74) is 2.22. The fourth-order valence-corrected chi connectivity index (χ4v) is 3.93. The lowest BCUT2D eigenvalue weighted by Crippen LogP contribution is -2.38. The van der Waals surface area contributed by atoms with Crippen molar-refractivity contribution in [2.24, 2.45) is 0 Å². The molecule has 0 spiro atoms. The largest absolute Gasteiger partial charge is 0.468 e. The number of nitrogens with zero attached hydrogens (tertiary/aromatic N) is 3. The maximum absolute atomic E-state index is 13.6. The van der Waals surface area contributed by atoms with Crippen LogP contribution in [0.2, 0.25) is 0 Å². The number of aliphatic hydroxyl groups excluding tert-OH is 1. The van der Waals surface area contributed by atoms with Gasteiger partial charge in [-0.2, -0.15) is 0 Å². The highest BCUT2D eigenvalue weighted by atomic mass is 19.1. The lowest BCUT2D eigenvalue weighted by Gasteiger charge is -2.29. The maximum Gasteiger partial charge on any atom is 0.232 e. The fraction of sp³-hybridized carbons (Fsp3) is 0.400. The van der Waals surface area contributed by atoms with Crippen LogP contribution >= 0.6 is 0 Å². The molecule has 1 aliphatic rings. The first-order valence-electron chi connectivity index (χ1n) is 11.1. The minimum atomic E-state index is -0.760. The summed E-state index contributed by atoms with van der Waals surface area (Å²) < 4.78 is 35.7. The smallest absolute Gasteiger partial charge is 0.232 e. The van der Waals surface area contributed by atoms with Gasteiger partial charge < -0.3 is 28.4 Å². The molecule has 180 valence electrons. The molecule has 9 heteroatoms. The zero-order valence-corrected chi connectivity index (χ0v) is 18.9. The second-order valence-corrected chi connectivity index (χ2v) is 8.04. The molecule has 1 atom stereocenters. The molecule has 1 N–H and O–H groups in total. The fourth-order valence-electron chi connectivity index (χ4n) is 3.93. The Bertz CT molecular complexity index is 1060. The summed E-state index contributed by atoms with van der Waals surface area (Å²) in [6.45, 7) is 3.95. The molecule has 2 aromatic heterocycles. The van der Waals surface area contributed by atoms with Gasteiger partial charge in [0.25, 0.3) is 0 Å². The van der Waals surface area contributed by atoms with Gasteiger partial charge in [0, 0.05) is 31.7 Å². The molecule has 34 heavy (non-hydrogen) atoms. The van der Waals surface area contributed by atoms with E-state index >= 15 is 0 Å². The van der Waals surface area contributed by atoms with Gasteiger partial charge in [-0.25, -0.2) is 4.39 Å². The van der Waals surface area contributed by atoms with Crippen molar-refractivity contribution in [1.82, 2.24) is 10.1 Å². The number of halogens is 1. The lowest BCUT2D eigenvalue weighted by atomic mass is 10.1. The van der Waals surface area contributed by atoms with E-state index in [0.29, 0.717) is 57.5 Å². The van der Waals surface area contributed by atoms with Gasteiger partial charge in [-0.1, -0.05) is 11.1 Å². The van der Waals surface area contributed by atoms with Crippen LogP contribution in [-0.2, 0) is 22.6 Å². The second-order valence-electron chi connectivity index (χ2n) is 8.04. The molecule has 1 unspecified atom stereocenters. The van der Waals surface area contributed by atoms with Gasteiger partial charge in [-0.3, -0.25) is 4.90 Å². The SMILES string of the molecule is C#CCOCC(O)CN(Cc1ccco1)Cc1c(-c2ccc(F)cc2)noc1N1CCOCC1. The first kappa shape index (κ1) is 24.0. The summed E-state index contributed by atoms with van der Waals surface area (Å²) in [4.78, 5) is 4.13. The molecular formula is C25H28FN3O5. The number of terminal acetylenes is 1. The average Bonchev–Trinajstić information content (AvgIpc) is 3.50. The number of aromatic nitrogens is 1. The molecule has 3 aromatic rings. The molecule has 0 aliphatic carbocycles. The molecular weight excluding hydrogens is 441 g/mol. The molecule has 0 amide bonds. The molecule has 4 rings (SSSR count). The van der Waals surface area contributed by atoms with E-state index in [1.54, 1.807) is 18.4 Å². The number of ether oxygens (including phenoxy) is 2. The molecule has 3 heterocycles. The molecule has 0 bridgehead atoms. The summed E-state index contributed by atoms with van der Waals surface area (Å²) in [6.07, 6.45) is 6.09. The monoisotopic (exact) mass is 469 g/mol. The maximum atomic E-state index is 13.6. The van der Waals surface area contributed by atoms with E-state index in [1.165, 1.54) is 12.1 Å². The van der Waals surface area contributed by atoms with E-state index in [0.717, 1.165) is 16.9 Å². The number of morpholine rings is 1. The minimum absolute atomic E-state index is 0.115. The third-order valence-corrected chi connectivity index (χ3v) is 5.49. The van der Waals surface area contributed by atoms with Crippen LogP contribution in [0.3, 0.4) is 0 Å². The lowest BCUT2D eigenvalue weighted by molar-refractivity contribution is 0.0230.